The normalized spacial score (nSPS) is 19.7. The molecule has 4 nitrogen and oxygen atoms in total. The van der Waals surface area contributed by atoms with E-state index in [1.54, 1.807) is 0 Å². The first kappa shape index (κ1) is 30.4. The van der Waals surface area contributed by atoms with Crippen molar-refractivity contribution in [2.24, 2.45) is 0 Å². The molecule has 8 rings (SSSR count). The van der Waals surface area contributed by atoms with Crippen molar-refractivity contribution in [2.75, 3.05) is 0 Å². The third kappa shape index (κ3) is 4.39. The maximum Gasteiger partial charge on any atom is 0.0897 e. The van der Waals surface area contributed by atoms with E-state index in [-0.39, 0.29) is 16.2 Å². The number of aromatic nitrogens is 4. The first-order valence-corrected chi connectivity index (χ1v) is 17.8. The molecular weight excluding hydrogens is 573 g/mol. The fraction of sp³-hybridized carbons (Fsp3) is 0.442. The van der Waals surface area contributed by atoms with Gasteiger partial charge in [-0.25, -0.2) is 19.9 Å². The highest BCUT2D eigenvalue weighted by atomic mass is 14.8. The van der Waals surface area contributed by atoms with Gasteiger partial charge >= 0.3 is 0 Å². The number of rotatable bonds is 4. The molecule has 0 amide bonds. The second-order valence-corrected chi connectivity index (χ2v) is 16.5. The second kappa shape index (κ2) is 10.0. The number of hydrogen-bond donors (Lipinski definition) is 0. The van der Waals surface area contributed by atoms with Gasteiger partial charge in [-0.2, -0.15) is 0 Å². The maximum absolute atomic E-state index is 5.30. The lowest BCUT2D eigenvalue weighted by Gasteiger charge is -2.30. The number of aryl methyl sites for hydroxylation is 2. The van der Waals surface area contributed by atoms with Crippen LogP contribution < -0.4 is 0 Å². The summed E-state index contributed by atoms with van der Waals surface area (Å²) < 4.78 is 0. The summed E-state index contributed by atoms with van der Waals surface area (Å²) in [6, 6.07) is 18.7. The Bertz CT molecular complexity index is 2290. The molecule has 0 fully saturated rings. The molecule has 240 valence electrons. The van der Waals surface area contributed by atoms with Crippen LogP contribution in [0.3, 0.4) is 0 Å². The van der Waals surface area contributed by atoms with Crippen molar-refractivity contribution in [1.82, 2.24) is 19.9 Å². The minimum absolute atomic E-state index is 0.000247. The van der Waals surface area contributed by atoms with Crippen LogP contribution in [-0.2, 0) is 29.1 Å². The zero-order valence-electron chi connectivity index (χ0n) is 29.9. The van der Waals surface area contributed by atoms with E-state index in [4.69, 9.17) is 19.9 Å². The largest absolute Gasteiger partial charge is 0.244 e. The van der Waals surface area contributed by atoms with E-state index in [0.29, 0.717) is 11.8 Å². The molecule has 2 aromatic heterocycles. The summed E-state index contributed by atoms with van der Waals surface area (Å²) in [5.41, 5.74) is 19.1. The fourth-order valence-electron chi connectivity index (χ4n) is 9.55. The highest BCUT2D eigenvalue weighted by Crippen LogP contribution is 2.63. The third-order valence-corrected chi connectivity index (χ3v) is 11.6. The molecule has 0 aliphatic heterocycles. The van der Waals surface area contributed by atoms with Crippen LogP contribution in [0.2, 0.25) is 0 Å². The van der Waals surface area contributed by atoms with Crippen molar-refractivity contribution < 1.29 is 0 Å². The van der Waals surface area contributed by atoms with Gasteiger partial charge in [0.05, 0.1) is 44.1 Å². The first-order valence-electron chi connectivity index (χ1n) is 17.8. The van der Waals surface area contributed by atoms with Crippen molar-refractivity contribution in [3.05, 3.63) is 93.0 Å². The van der Waals surface area contributed by atoms with Crippen LogP contribution in [-0.4, -0.2) is 19.9 Å². The second-order valence-electron chi connectivity index (χ2n) is 16.5. The molecule has 6 aromatic rings. The van der Waals surface area contributed by atoms with Gasteiger partial charge in [0.15, 0.2) is 0 Å². The maximum atomic E-state index is 5.30. The molecule has 2 heterocycles. The quantitative estimate of drug-likeness (QED) is 0.184. The van der Waals surface area contributed by atoms with Gasteiger partial charge in [-0.15, -0.1) is 0 Å². The van der Waals surface area contributed by atoms with Crippen LogP contribution in [0.15, 0.2) is 48.5 Å². The summed E-state index contributed by atoms with van der Waals surface area (Å²) in [5, 5.41) is 0. The molecule has 1 spiro atoms. The predicted octanol–water partition coefficient (Wildman–Crippen LogP) is 10.9. The molecule has 0 saturated carbocycles. The van der Waals surface area contributed by atoms with Gasteiger partial charge in [0.1, 0.15) is 0 Å². The number of benzene rings is 4. The van der Waals surface area contributed by atoms with Crippen LogP contribution in [0.1, 0.15) is 138 Å². The SMILES string of the molecule is CCc1cc2nc3cc4c(cc3nc2cc1C(C)C)C(C)(C)CC41CC(C)(C)c2cc3nc4cc(CC)c(C(C)C)cc4nc3cc21. The molecule has 1 unspecified atom stereocenters. The Kier molecular flexibility index (Phi) is 6.50. The summed E-state index contributed by atoms with van der Waals surface area (Å²) in [6.07, 6.45) is 4.12. The van der Waals surface area contributed by atoms with Crippen LogP contribution >= 0.6 is 0 Å². The van der Waals surface area contributed by atoms with E-state index in [2.05, 4.69) is 118 Å². The highest BCUT2D eigenvalue weighted by Gasteiger charge is 2.56. The molecule has 4 heteroatoms. The number of fused-ring (bicyclic) bond motifs is 8. The Morgan fingerprint density at radius 3 is 1.09 bits per heavy atom. The average molecular weight is 621 g/mol. The molecule has 0 N–H and O–H groups in total. The molecule has 47 heavy (non-hydrogen) atoms. The number of nitrogens with zero attached hydrogens (tertiary/aromatic N) is 4. The van der Waals surface area contributed by atoms with E-state index < -0.39 is 0 Å². The van der Waals surface area contributed by atoms with E-state index in [9.17, 15) is 0 Å². The minimum atomic E-state index is -0.113. The molecule has 4 aromatic carbocycles. The van der Waals surface area contributed by atoms with Gasteiger partial charge in [0, 0.05) is 5.41 Å². The molecule has 0 bridgehead atoms. The Labute approximate surface area is 279 Å². The third-order valence-electron chi connectivity index (χ3n) is 11.6. The van der Waals surface area contributed by atoms with Gasteiger partial charge in [-0.1, -0.05) is 69.2 Å². The standard InChI is InChI=1S/C43H48N4/c1-11-25-13-33-36(16-28(25)24(5)6)47-40-20-32-29(17-37(40)44-33)41(7,8)21-43(32)22-42(9,10)30-18-38-39(19-31(30)43)45-34-14-26(12-2)27(23(3)4)15-35(34)46-38/h13-20,23-24H,11-12,21-22H2,1-10H3. The fourth-order valence-corrected chi connectivity index (χ4v) is 9.55. The molecule has 1 atom stereocenters. The van der Waals surface area contributed by atoms with Crippen LogP contribution in [0.4, 0.5) is 0 Å². The molecule has 0 radical (unpaired) electrons. The lowest BCUT2D eigenvalue weighted by molar-refractivity contribution is 0.350. The Hall–Kier alpha value is -3.92. The van der Waals surface area contributed by atoms with Crippen molar-refractivity contribution in [2.45, 2.75) is 123 Å². The average Bonchev–Trinajstić information content (AvgIpc) is 3.37. The summed E-state index contributed by atoms with van der Waals surface area (Å²) in [6.45, 7) is 23.2. The zero-order valence-corrected chi connectivity index (χ0v) is 29.9. The zero-order chi connectivity index (χ0) is 33.2. The lowest BCUT2D eigenvalue weighted by Crippen LogP contribution is -2.27. The van der Waals surface area contributed by atoms with E-state index in [1.807, 2.05) is 0 Å². The van der Waals surface area contributed by atoms with Crippen LogP contribution in [0.25, 0.3) is 44.1 Å². The minimum Gasteiger partial charge on any atom is -0.244 e. The number of hydrogen-bond acceptors (Lipinski definition) is 4. The molecule has 2 aliphatic rings. The van der Waals surface area contributed by atoms with E-state index >= 15 is 0 Å². The molecule has 0 saturated heterocycles. The van der Waals surface area contributed by atoms with Crippen molar-refractivity contribution in [3.63, 3.8) is 0 Å². The molecule has 2 aliphatic carbocycles. The smallest absolute Gasteiger partial charge is 0.0897 e. The molecular formula is C43H48N4. The summed E-state index contributed by atoms with van der Waals surface area (Å²) in [4.78, 5) is 21.1. The van der Waals surface area contributed by atoms with E-state index in [1.165, 1.54) is 44.5 Å². The lowest BCUT2D eigenvalue weighted by atomic mass is 9.72. The van der Waals surface area contributed by atoms with Gasteiger partial charge in [-0.05, 0) is 141 Å². The van der Waals surface area contributed by atoms with Crippen LogP contribution in [0, 0.1) is 0 Å². The summed E-state index contributed by atoms with van der Waals surface area (Å²) in [7, 11) is 0. The first-order chi connectivity index (χ1) is 22.2. The van der Waals surface area contributed by atoms with Crippen LogP contribution in [0.5, 0.6) is 0 Å². The summed E-state index contributed by atoms with van der Waals surface area (Å²) >= 11 is 0. The van der Waals surface area contributed by atoms with Gasteiger partial charge in [0.25, 0.3) is 0 Å². The topological polar surface area (TPSA) is 51.6 Å². The Morgan fingerprint density at radius 2 is 0.766 bits per heavy atom. The van der Waals surface area contributed by atoms with Gasteiger partial charge in [0.2, 0.25) is 0 Å². The van der Waals surface area contributed by atoms with E-state index in [0.717, 1.165) is 69.8 Å². The monoisotopic (exact) mass is 620 g/mol. The van der Waals surface area contributed by atoms with Gasteiger partial charge in [-0.3, -0.25) is 0 Å². The van der Waals surface area contributed by atoms with Crippen molar-refractivity contribution in [1.29, 1.82) is 0 Å². The summed E-state index contributed by atoms with van der Waals surface area (Å²) in [5.74, 6) is 0.912. The van der Waals surface area contributed by atoms with Gasteiger partial charge < -0.3 is 0 Å². The highest BCUT2D eigenvalue weighted by molar-refractivity contribution is 5.91. The Balaban J connectivity index is 1.36. The predicted molar refractivity (Wildman–Crippen MR) is 197 cm³/mol. The van der Waals surface area contributed by atoms with Crippen molar-refractivity contribution in [3.8, 4) is 0 Å². The van der Waals surface area contributed by atoms with Crippen molar-refractivity contribution >= 4 is 44.1 Å². The Morgan fingerprint density at radius 1 is 0.468 bits per heavy atom.